The highest BCUT2D eigenvalue weighted by Crippen LogP contribution is 2.49. The number of aliphatic hydroxyl groups excluding tert-OH is 1. The van der Waals surface area contributed by atoms with Crippen LogP contribution in [0.15, 0.2) is 66.0 Å². The summed E-state index contributed by atoms with van der Waals surface area (Å²) in [4.78, 5) is 18.1. The van der Waals surface area contributed by atoms with E-state index >= 15 is 0 Å². The van der Waals surface area contributed by atoms with E-state index < -0.39 is 47.9 Å². The first-order valence-electron chi connectivity index (χ1n) is 13.5. The zero-order valence-electron chi connectivity index (χ0n) is 22.3. The maximum atomic E-state index is 14.5. The number of carbonyl (C=O) groups excluding carboxylic acids is 1. The molecule has 1 fully saturated rings. The van der Waals surface area contributed by atoms with Crippen LogP contribution < -0.4 is 10.2 Å². The lowest BCUT2D eigenvalue weighted by Crippen LogP contribution is -2.45. The number of nitrogens with zero attached hydrogens (tertiary/aromatic N) is 4. The number of benzene rings is 2. The van der Waals surface area contributed by atoms with Crippen molar-refractivity contribution >= 4 is 28.2 Å². The normalized spacial score (nSPS) is 19.9. The fourth-order valence-electron chi connectivity index (χ4n) is 5.86. The molecule has 4 aromatic rings. The van der Waals surface area contributed by atoms with Crippen LogP contribution in [-0.4, -0.2) is 51.1 Å². The summed E-state index contributed by atoms with van der Waals surface area (Å²) >= 11 is 0.856. The van der Waals surface area contributed by atoms with Gasteiger partial charge in [-0.1, -0.05) is 60.7 Å². The van der Waals surface area contributed by atoms with E-state index in [0.717, 1.165) is 16.7 Å². The molecule has 0 spiro atoms. The minimum Gasteiger partial charge on any atom is -0.382 e. The molecule has 2 N–H and O–H groups in total. The van der Waals surface area contributed by atoms with Crippen molar-refractivity contribution in [2.24, 2.45) is 0 Å². The number of nitrogens with one attached hydrogen (secondary N) is 1. The Bertz CT molecular complexity index is 1560. The van der Waals surface area contributed by atoms with E-state index in [9.17, 15) is 36.2 Å². The fourth-order valence-corrected chi connectivity index (χ4v) is 6.74. The number of hydrogen-bond acceptors (Lipinski definition) is 6. The predicted molar refractivity (Wildman–Crippen MR) is 147 cm³/mol. The number of aromatic nitrogens is 3. The quantitative estimate of drug-likeness (QED) is 0.254. The third-order valence-corrected chi connectivity index (χ3v) is 8.78. The molecule has 43 heavy (non-hydrogen) atoms. The van der Waals surface area contributed by atoms with Crippen LogP contribution in [0.3, 0.4) is 0 Å². The van der Waals surface area contributed by atoms with Crippen LogP contribution in [0.1, 0.15) is 58.8 Å². The zero-order chi connectivity index (χ0) is 30.5. The summed E-state index contributed by atoms with van der Waals surface area (Å²) in [5.74, 6) is -4.34. The van der Waals surface area contributed by atoms with Gasteiger partial charge in [-0.05, 0) is 24.0 Å². The van der Waals surface area contributed by atoms with Crippen LogP contribution in [0.4, 0.5) is 37.3 Å². The number of carbonyl (C=O) groups is 1. The maximum Gasteiger partial charge on any atom is 0.434 e. The third-order valence-electron chi connectivity index (χ3n) is 7.88. The van der Waals surface area contributed by atoms with Crippen LogP contribution >= 0.6 is 11.3 Å². The molecule has 1 saturated heterocycles. The number of rotatable bonds is 5. The molecule has 2 aliphatic rings. The summed E-state index contributed by atoms with van der Waals surface area (Å²) in [5, 5.41) is 18.9. The first-order chi connectivity index (χ1) is 20.4. The number of piperidine rings is 1. The average Bonchev–Trinajstić information content (AvgIpc) is 3.61. The van der Waals surface area contributed by atoms with Crippen molar-refractivity contribution in [3.63, 3.8) is 0 Å². The number of hydrogen-bond donors (Lipinski definition) is 2. The number of thiazole rings is 1. The van der Waals surface area contributed by atoms with Crippen molar-refractivity contribution in [3.8, 4) is 0 Å². The maximum absolute atomic E-state index is 14.5. The molecule has 1 amide bonds. The molecular formula is C29H25F6N5O2S. The monoisotopic (exact) mass is 621 g/mol. The van der Waals surface area contributed by atoms with Crippen molar-refractivity contribution in [1.82, 2.24) is 14.8 Å². The highest BCUT2D eigenvalue weighted by molar-refractivity contribution is 7.13. The van der Waals surface area contributed by atoms with Crippen molar-refractivity contribution in [1.29, 1.82) is 0 Å². The van der Waals surface area contributed by atoms with E-state index in [1.807, 2.05) is 24.3 Å². The Morgan fingerprint density at radius 3 is 2.02 bits per heavy atom. The Kier molecular flexibility index (Phi) is 7.45. The smallest absolute Gasteiger partial charge is 0.382 e. The molecule has 226 valence electrons. The Morgan fingerprint density at radius 2 is 1.51 bits per heavy atom. The third kappa shape index (κ3) is 5.49. The number of halogens is 6. The van der Waals surface area contributed by atoms with E-state index in [1.165, 1.54) is 4.68 Å². The minimum absolute atomic E-state index is 0.100. The summed E-state index contributed by atoms with van der Waals surface area (Å²) in [6, 6.07) is 17.3. The van der Waals surface area contributed by atoms with Gasteiger partial charge in [0.1, 0.15) is 23.9 Å². The van der Waals surface area contributed by atoms with Gasteiger partial charge in [0, 0.05) is 30.0 Å². The highest BCUT2D eigenvalue weighted by Gasteiger charge is 2.55. The van der Waals surface area contributed by atoms with Gasteiger partial charge in [-0.15, -0.1) is 11.3 Å². The van der Waals surface area contributed by atoms with E-state index in [-0.39, 0.29) is 48.1 Å². The van der Waals surface area contributed by atoms with Crippen LogP contribution in [0.2, 0.25) is 0 Å². The lowest BCUT2D eigenvalue weighted by molar-refractivity contribution is -0.177. The molecule has 6 rings (SSSR count). The summed E-state index contributed by atoms with van der Waals surface area (Å²) in [6.45, 7) is 0.479. The molecule has 2 unspecified atom stereocenters. The predicted octanol–water partition coefficient (Wildman–Crippen LogP) is 6.34. The van der Waals surface area contributed by atoms with E-state index in [4.69, 9.17) is 5.10 Å². The fraction of sp³-hybridized carbons (Fsp3) is 0.345. The molecule has 2 aromatic carbocycles. The van der Waals surface area contributed by atoms with Gasteiger partial charge in [-0.25, -0.2) is 9.67 Å². The number of amides is 1. The topological polar surface area (TPSA) is 83.3 Å². The average molecular weight is 622 g/mol. The van der Waals surface area contributed by atoms with E-state index in [0.29, 0.717) is 11.1 Å². The van der Waals surface area contributed by atoms with Crippen LogP contribution in [-0.2, 0) is 11.0 Å². The van der Waals surface area contributed by atoms with Gasteiger partial charge in [0.05, 0.1) is 5.69 Å². The summed E-state index contributed by atoms with van der Waals surface area (Å²) in [7, 11) is 0. The molecule has 7 nitrogen and oxygen atoms in total. The van der Waals surface area contributed by atoms with Crippen molar-refractivity contribution in [2.75, 3.05) is 23.3 Å². The Labute approximate surface area is 245 Å². The Hall–Kier alpha value is -3.91. The SMILES string of the molecule is O=C1Nc2c(c(C3CCN(c4nc(C(F)(F)F)cs4)CC3)nn2C(c2ccccc2)c2ccccc2)C(C(F)(F)F)C1O. The molecule has 2 atom stereocenters. The van der Waals surface area contributed by atoms with E-state index in [2.05, 4.69) is 10.3 Å². The standard InChI is InChI=1S/C29H25F6N5O2S/c30-28(31,32)19-15-43-27(36-19)39-13-11-16(12-14-39)22-20-21(29(33,34)35)24(41)26(42)37-25(20)40(38-22)23(17-7-3-1-4-8-17)18-9-5-2-6-10-18/h1-10,15-16,21,23-24,41H,11-14H2,(H,37,42). The van der Waals surface area contributed by atoms with Gasteiger partial charge < -0.3 is 15.3 Å². The molecule has 2 aromatic heterocycles. The highest BCUT2D eigenvalue weighted by atomic mass is 32.1. The van der Waals surface area contributed by atoms with Gasteiger partial charge in [-0.3, -0.25) is 4.79 Å². The molecule has 14 heteroatoms. The van der Waals surface area contributed by atoms with Gasteiger partial charge in [-0.2, -0.15) is 31.4 Å². The summed E-state index contributed by atoms with van der Waals surface area (Å²) in [6.07, 6.45) is -11.3. The Balaban J connectivity index is 1.44. The van der Waals surface area contributed by atoms with E-state index in [1.54, 1.807) is 41.3 Å². The van der Waals surface area contributed by atoms with Crippen LogP contribution in [0, 0.1) is 0 Å². The molecule has 0 radical (unpaired) electrons. The van der Waals surface area contributed by atoms with Crippen LogP contribution in [0.5, 0.6) is 0 Å². The first kappa shape index (κ1) is 29.2. The number of anilines is 2. The van der Waals surface area contributed by atoms with Gasteiger partial charge in [0.25, 0.3) is 5.91 Å². The first-order valence-corrected chi connectivity index (χ1v) is 14.4. The van der Waals surface area contributed by atoms with Crippen molar-refractivity contribution in [3.05, 3.63) is 94.1 Å². The molecule has 0 aliphatic carbocycles. The second-order valence-electron chi connectivity index (χ2n) is 10.5. The number of alkyl halides is 6. The van der Waals surface area contributed by atoms with Crippen molar-refractivity contribution < 1.29 is 36.2 Å². The molecule has 0 bridgehead atoms. The second kappa shape index (κ2) is 11.0. The van der Waals surface area contributed by atoms with Gasteiger partial charge in [0.2, 0.25) is 0 Å². The molecule has 4 heterocycles. The lowest BCUT2D eigenvalue weighted by Gasteiger charge is -2.34. The Morgan fingerprint density at radius 1 is 0.930 bits per heavy atom. The lowest BCUT2D eigenvalue weighted by atomic mass is 9.83. The minimum atomic E-state index is -4.96. The molecule has 2 aliphatic heterocycles. The summed E-state index contributed by atoms with van der Waals surface area (Å²) in [5.41, 5.74) is 0.252. The van der Waals surface area contributed by atoms with Crippen LogP contribution in [0.25, 0.3) is 0 Å². The zero-order valence-corrected chi connectivity index (χ0v) is 23.1. The molecular weight excluding hydrogens is 596 g/mol. The number of aliphatic hydroxyl groups is 1. The van der Waals surface area contributed by atoms with Crippen molar-refractivity contribution in [2.45, 2.75) is 49.2 Å². The largest absolute Gasteiger partial charge is 0.434 e. The second-order valence-corrected chi connectivity index (χ2v) is 11.4. The number of fused-ring (bicyclic) bond motifs is 1. The van der Waals surface area contributed by atoms with Gasteiger partial charge >= 0.3 is 12.4 Å². The van der Waals surface area contributed by atoms with Gasteiger partial charge in [0.15, 0.2) is 10.8 Å². The molecule has 0 saturated carbocycles. The summed E-state index contributed by atoms with van der Waals surface area (Å²) < 4.78 is 84.3.